The maximum absolute atomic E-state index is 12.0. The van der Waals surface area contributed by atoms with Gasteiger partial charge < -0.3 is 9.47 Å². The lowest BCUT2D eigenvalue weighted by Gasteiger charge is -2.33. The van der Waals surface area contributed by atoms with Crippen molar-refractivity contribution >= 4 is 11.9 Å². The second kappa shape index (κ2) is 7.39. The van der Waals surface area contributed by atoms with Crippen LogP contribution in [0, 0.1) is 17.3 Å². The molecule has 18 heavy (non-hydrogen) atoms. The van der Waals surface area contributed by atoms with Gasteiger partial charge in [0.2, 0.25) is 0 Å². The van der Waals surface area contributed by atoms with Crippen LogP contribution in [0.1, 0.15) is 48.0 Å². The molecular weight excluding hydrogens is 232 g/mol. The van der Waals surface area contributed by atoms with Gasteiger partial charge in [-0.05, 0) is 25.2 Å². The zero-order valence-corrected chi connectivity index (χ0v) is 12.4. The molecule has 1 atom stereocenters. The molecule has 0 aromatic rings. The van der Waals surface area contributed by atoms with E-state index >= 15 is 0 Å². The maximum Gasteiger partial charge on any atom is 0.320 e. The summed E-state index contributed by atoms with van der Waals surface area (Å²) in [4.78, 5) is 24.0. The largest absolute Gasteiger partial charge is 0.465 e. The van der Waals surface area contributed by atoms with Gasteiger partial charge in [0.05, 0.1) is 13.2 Å². The molecule has 4 nitrogen and oxygen atoms in total. The van der Waals surface area contributed by atoms with E-state index in [9.17, 15) is 9.59 Å². The molecule has 0 rings (SSSR count). The van der Waals surface area contributed by atoms with Crippen molar-refractivity contribution in [2.75, 3.05) is 13.2 Å². The van der Waals surface area contributed by atoms with E-state index < -0.39 is 17.9 Å². The lowest BCUT2D eigenvalue weighted by atomic mass is 9.71. The van der Waals surface area contributed by atoms with Crippen LogP contribution >= 0.6 is 0 Å². The molecule has 0 saturated heterocycles. The SMILES string of the molecule is CCOC(=O)C(C(=O)OCC)C(CC)C(C)(C)C. The van der Waals surface area contributed by atoms with Crippen LogP contribution in [0.15, 0.2) is 0 Å². The fourth-order valence-electron chi connectivity index (χ4n) is 2.24. The van der Waals surface area contributed by atoms with E-state index in [1.54, 1.807) is 13.8 Å². The Morgan fingerprint density at radius 3 is 1.56 bits per heavy atom. The minimum absolute atomic E-state index is 0.0874. The van der Waals surface area contributed by atoms with Crippen molar-refractivity contribution in [2.24, 2.45) is 17.3 Å². The number of hydrogen-bond donors (Lipinski definition) is 0. The van der Waals surface area contributed by atoms with Gasteiger partial charge in [-0.1, -0.05) is 34.1 Å². The first-order chi connectivity index (χ1) is 8.29. The Bertz CT molecular complexity index is 260. The van der Waals surface area contributed by atoms with Gasteiger partial charge >= 0.3 is 11.9 Å². The Morgan fingerprint density at radius 2 is 1.33 bits per heavy atom. The Labute approximate surface area is 110 Å². The van der Waals surface area contributed by atoms with Crippen LogP contribution in [0.5, 0.6) is 0 Å². The first kappa shape index (κ1) is 16.9. The van der Waals surface area contributed by atoms with E-state index in [2.05, 4.69) is 0 Å². The normalized spacial score (nSPS) is 13.3. The molecule has 4 heteroatoms. The predicted molar refractivity (Wildman–Crippen MR) is 70.0 cm³/mol. The van der Waals surface area contributed by atoms with E-state index in [-0.39, 0.29) is 24.5 Å². The van der Waals surface area contributed by atoms with Gasteiger partial charge in [0.15, 0.2) is 5.92 Å². The molecular formula is C14H26O4. The molecule has 1 unspecified atom stereocenters. The molecule has 0 radical (unpaired) electrons. The Kier molecular flexibility index (Phi) is 6.96. The van der Waals surface area contributed by atoms with Crippen LogP contribution in [-0.2, 0) is 19.1 Å². The van der Waals surface area contributed by atoms with Gasteiger partial charge in [-0.15, -0.1) is 0 Å². The van der Waals surface area contributed by atoms with Crippen molar-refractivity contribution in [1.82, 2.24) is 0 Å². The third-order valence-corrected chi connectivity index (χ3v) is 3.04. The van der Waals surface area contributed by atoms with Gasteiger partial charge in [-0.3, -0.25) is 9.59 Å². The van der Waals surface area contributed by atoms with Crippen molar-refractivity contribution < 1.29 is 19.1 Å². The summed E-state index contributed by atoms with van der Waals surface area (Å²) < 4.78 is 10.0. The summed E-state index contributed by atoms with van der Waals surface area (Å²) in [6, 6.07) is 0. The number of ether oxygens (including phenoxy) is 2. The topological polar surface area (TPSA) is 52.6 Å². The maximum atomic E-state index is 12.0. The molecule has 0 aromatic heterocycles. The quantitative estimate of drug-likeness (QED) is 0.543. The summed E-state index contributed by atoms with van der Waals surface area (Å²) in [5.41, 5.74) is -0.154. The first-order valence-electron chi connectivity index (χ1n) is 6.62. The van der Waals surface area contributed by atoms with Crippen LogP contribution < -0.4 is 0 Å². The average Bonchev–Trinajstić information content (AvgIpc) is 2.24. The smallest absolute Gasteiger partial charge is 0.320 e. The molecule has 0 N–H and O–H groups in total. The van der Waals surface area contributed by atoms with Gasteiger partial charge in [-0.25, -0.2) is 0 Å². The zero-order valence-electron chi connectivity index (χ0n) is 12.4. The highest BCUT2D eigenvalue weighted by Crippen LogP contribution is 2.36. The summed E-state index contributed by atoms with van der Waals surface area (Å²) in [5, 5.41) is 0. The molecule has 106 valence electrons. The molecule has 0 aliphatic carbocycles. The van der Waals surface area contributed by atoms with Crippen molar-refractivity contribution in [3.63, 3.8) is 0 Å². The number of carbonyl (C=O) groups is 2. The minimum atomic E-state index is -0.824. The molecule has 0 bridgehead atoms. The number of hydrogen-bond acceptors (Lipinski definition) is 4. The van der Waals surface area contributed by atoms with Crippen molar-refractivity contribution in [3.8, 4) is 0 Å². The minimum Gasteiger partial charge on any atom is -0.465 e. The second-order valence-electron chi connectivity index (χ2n) is 5.36. The van der Waals surface area contributed by atoms with Crippen molar-refractivity contribution in [1.29, 1.82) is 0 Å². The highest BCUT2D eigenvalue weighted by atomic mass is 16.6. The number of rotatable bonds is 6. The molecule has 0 fully saturated rings. The lowest BCUT2D eigenvalue weighted by molar-refractivity contribution is -0.167. The summed E-state index contributed by atoms with van der Waals surface area (Å²) >= 11 is 0. The first-order valence-corrected chi connectivity index (χ1v) is 6.62. The zero-order chi connectivity index (χ0) is 14.3. The van der Waals surface area contributed by atoms with E-state index in [4.69, 9.17) is 9.47 Å². The monoisotopic (exact) mass is 258 g/mol. The molecule has 0 aliphatic rings. The Balaban J connectivity index is 5.17. The van der Waals surface area contributed by atoms with Crippen LogP contribution in [0.2, 0.25) is 0 Å². The van der Waals surface area contributed by atoms with Gasteiger partial charge in [0.25, 0.3) is 0 Å². The Morgan fingerprint density at radius 1 is 0.944 bits per heavy atom. The number of esters is 2. The van der Waals surface area contributed by atoms with Crippen LogP contribution in [-0.4, -0.2) is 25.2 Å². The third kappa shape index (κ3) is 4.67. The molecule has 0 aliphatic heterocycles. The summed E-state index contributed by atoms with van der Waals surface area (Å²) in [6.45, 7) is 12.0. The van der Waals surface area contributed by atoms with E-state index in [0.717, 1.165) is 6.42 Å². The molecule has 0 heterocycles. The molecule has 0 amide bonds. The molecule has 0 saturated carbocycles. The molecule has 0 aromatic carbocycles. The third-order valence-electron chi connectivity index (χ3n) is 3.04. The fourth-order valence-corrected chi connectivity index (χ4v) is 2.24. The lowest BCUT2D eigenvalue weighted by Crippen LogP contribution is -2.40. The fraction of sp³-hybridized carbons (Fsp3) is 0.857. The van der Waals surface area contributed by atoms with Crippen molar-refractivity contribution in [3.05, 3.63) is 0 Å². The van der Waals surface area contributed by atoms with Crippen LogP contribution in [0.3, 0.4) is 0 Å². The summed E-state index contributed by atoms with van der Waals surface area (Å²) in [5.74, 6) is -1.86. The molecule has 0 spiro atoms. The van der Waals surface area contributed by atoms with Gasteiger partial charge in [0, 0.05) is 0 Å². The van der Waals surface area contributed by atoms with Crippen LogP contribution in [0.25, 0.3) is 0 Å². The standard InChI is InChI=1S/C14H26O4/c1-7-10(14(4,5)6)11(12(15)17-8-2)13(16)18-9-3/h10-11H,7-9H2,1-6H3. The van der Waals surface area contributed by atoms with E-state index in [1.165, 1.54) is 0 Å². The van der Waals surface area contributed by atoms with Gasteiger partial charge in [0.1, 0.15) is 0 Å². The average molecular weight is 258 g/mol. The van der Waals surface area contributed by atoms with E-state index in [0.29, 0.717) is 0 Å². The predicted octanol–water partition coefficient (Wildman–Crippen LogP) is 2.80. The summed E-state index contributed by atoms with van der Waals surface area (Å²) in [7, 11) is 0. The highest BCUT2D eigenvalue weighted by Gasteiger charge is 2.42. The van der Waals surface area contributed by atoms with Crippen molar-refractivity contribution in [2.45, 2.75) is 48.0 Å². The van der Waals surface area contributed by atoms with E-state index in [1.807, 2.05) is 27.7 Å². The number of carbonyl (C=O) groups excluding carboxylic acids is 2. The van der Waals surface area contributed by atoms with Crippen LogP contribution in [0.4, 0.5) is 0 Å². The van der Waals surface area contributed by atoms with Gasteiger partial charge in [-0.2, -0.15) is 0 Å². The Hall–Kier alpha value is -1.06. The highest BCUT2D eigenvalue weighted by molar-refractivity contribution is 5.95. The second-order valence-corrected chi connectivity index (χ2v) is 5.36. The summed E-state index contributed by atoms with van der Waals surface area (Å²) in [6.07, 6.45) is 0.728.